The first kappa shape index (κ1) is 20.2. The van der Waals surface area contributed by atoms with Crippen LogP contribution in [0.5, 0.6) is 0 Å². The van der Waals surface area contributed by atoms with Crippen LogP contribution < -0.4 is 10.6 Å². The fourth-order valence-electron chi connectivity index (χ4n) is 1.84. The average molecular weight is 407 g/mol. The van der Waals surface area contributed by atoms with Crippen molar-refractivity contribution in [3.05, 3.63) is 18.2 Å². The summed E-state index contributed by atoms with van der Waals surface area (Å²) in [5, 5.41) is 6.61. The van der Waals surface area contributed by atoms with E-state index in [9.17, 15) is 0 Å². The number of guanidine groups is 1. The molecule has 122 valence electrons. The van der Waals surface area contributed by atoms with Gasteiger partial charge < -0.3 is 15.2 Å². The molecule has 1 aromatic heterocycles. The summed E-state index contributed by atoms with van der Waals surface area (Å²) in [6, 6.07) is 0. The predicted molar refractivity (Wildman–Crippen MR) is 100 cm³/mol. The summed E-state index contributed by atoms with van der Waals surface area (Å²) in [6.07, 6.45) is 3.88. The zero-order valence-electron chi connectivity index (χ0n) is 13.9. The maximum atomic E-state index is 4.61. The largest absolute Gasteiger partial charge is 0.357 e. The van der Waals surface area contributed by atoms with Gasteiger partial charge in [-0.05, 0) is 18.8 Å². The van der Waals surface area contributed by atoms with Crippen LogP contribution in [0.15, 0.2) is 17.4 Å². The molecule has 1 aromatic rings. The average Bonchev–Trinajstić information content (AvgIpc) is 2.79. The molecule has 0 spiro atoms. The second-order valence-electron chi connectivity index (χ2n) is 5.86. The zero-order valence-corrected chi connectivity index (χ0v) is 16.2. The normalized spacial score (nSPS) is 11.7. The third kappa shape index (κ3) is 8.28. The molecule has 6 heteroatoms. The second-order valence-corrected chi connectivity index (χ2v) is 5.86. The van der Waals surface area contributed by atoms with Crippen LogP contribution in [0.1, 0.15) is 40.4 Å². The van der Waals surface area contributed by atoms with Crippen LogP contribution in [-0.4, -0.2) is 28.6 Å². The Labute approximate surface area is 146 Å². The van der Waals surface area contributed by atoms with Gasteiger partial charge in [0, 0.05) is 32.0 Å². The molecular weight excluding hydrogens is 377 g/mol. The summed E-state index contributed by atoms with van der Waals surface area (Å²) in [7, 11) is 0. The van der Waals surface area contributed by atoms with Gasteiger partial charge in [-0.25, -0.2) is 9.98 Å². The van der Waals surface area contributed by atoms with Crippen molar-refractivity contribution in [2.24, 2.45) is 16.8 Å². The highest BCUT2D eigenvalue weighted by Gasteiger charge is 2.05. The van der Waals surface area contributed by atoms with Crippen LogP contribution in [0, 0.1) is 11.8 Å². The molecule has 0 aliphatic rings. The molecule has 0 amide bonds. The number of rotatable bonds is 7. The van der Waals surface area contributed by atoms with Crippen molar-refractivity contribution in [1.29, 1.82) is 0 Å². The minimum absolute atomic E-state index is 0. The van der Waals surface area contributed by atoms with Crippen molar-refractivity contribution in [3.63, 3.8) is 0 Å². The standard InChI is InChI=1S/C15H29N5.HI/c1-6-16-15(18-9-12(2)3)19-10-14-17-7-8-20(14)11-13(4)5;/h7-8,12-13H,6,9-11H2,1-5H3,(H2,16,18,19);1H. The molecule has 0 aromatic carbocycles. The summed E-state index contributed by atoms with van der Waals surface area (Å²) in [5.74, 6) is 3.08. The van der Waals surface area contributed by atoms with Gasteiger partial charge >= 0.3 is 0 Å². The van der Waals surface area contributed by atoms with Gasteiger partial charge in [-0.15, -0.1) is 24.0 Å². The fraction of sp³-hybridized carbons (Fsp3) is 0.733. The van der Waals surface area contributed by atoms with E-state index in [4.69, 9.17) is 0 Å². The summed E-state index contributed by atoms with van der Waals surface area (Å²) in [6.45, 7) is 14.2. The number of aliphatic imine (C=N–C) groups is 1. The molecule has 0 atom stereocenters. The highest BCUT2D eigenvalue weighted by Crippen LogP contribution is 2.04. The van der Waals surface area contributed by atoms with Crippen LogP contribution in [0.3, 0.4) is 0 Å². The first-order valence-corrected chi connectivity index (χ1v) is 7.55. The van der Waals surface area contributed by atoms with Crippen molar-refractivity contribution in [2.45, 2.75) is 47.7 Å². The lowest BCUT2D eigenvalue weighted by molar-refractivity contribution is 0.507. The Bertz CT molecular complexity index is 412. The SMILES string of the molecule is CCNC(=NCc1nccn1CC(C)C)NCC(C)C.I. The van der Waals surface area contributed by atoms with Crippen LogP contribution >= 0.6 is 24.0 Å². The van der Waals surface area contributed by atoms with E-state index in [1.165, 1.54) is 0 Å². The quantitative estimate of drug-likeness (QED) is 0.415. The molecule has 1 heterocycles. The van der Waals surface area contributed by atoms with Gasteiger partial charge in [0.25, 0.3) is 0 Å². The van der Waals surface area contributed by atoms with E-state index in [1.54, 1.807) is 0 Å². The molecule has 2 N–H and O–H groups in total. The van der Waals surface area contributed by atoms with E-state index in [0.29, 0.717) is 18.4 Å². The Morgan fingerprint density at radius 2 is 1.95 bits per heavy atom. The number of nitrogens with one attached hydrogen (secondary N) is 2. The molecule has 1 rings (SSSR count). The van der Waals surface area contributed by atoms with E-state index < -0.39 is 0 Å². The van der Waals surface area contributed by atoms with Crippen molar-refractivity contribution in [3.8, 4) is 0 Å². The van der Waals surface area contributed by atoms with Crippen molar-refractivity contribution in [1.82, 2.24) is 20.2 Å². The molecule has 0 radical (unpaired) electrons. The van der Waals surface area contributed by atoms with Crippen molar-refractivity contribution >= 4 is 29.9 Å². The Hall–Kier alpha value is -0.790. The van der Waals surface area contributed by atoms with Gasteiger partial charge in [-0.3, -0.25) is 0 Å². The van der Waals surface area contributed by atoms with Crippen LogP contribution in [0.25, 0.3) is 0 Å². The minimum atomic E-state index is 0. The molecule has 0 unspecified atom stereocenters. The Kier molecular flexibility index (Phi) is 10.5. The van der Waals surface area contributed by atoms with Gasteiger partial charge in [-0.1, -0.05) is 27.7 Å². The van der Waals surface area contributed by atoms with Gasteiger partial charge in [0.2, 0.25) is 0 Å². The number of hydrogen-bond acceptors (Lipinski definition) is 2. The number of hydrogen-bond donors (Lipinski definition) is 2. The third-order valence-corrected chi connectivity index (χ3v) is 2.76. The predicted octanol–water partition coefficient (Wildman–Crippen LogP) is 2.87. The number of imidazole rings is 1. The molecule has 0 aliphatic heterocycles. The van der Waals surface area contributed by atoms with Crippen LogP contribution in [0.2, 0.25) is 0 Å². The lowest BCUT2D eigenvalue weighted by Crippen LogP contribution is -2.39. The third-order valence-electron chi connectivity index (χ3n) is 2.76. The Morgan fingerprint density at radius 3 is 2.52 bits per heavy atom. The van der Waals surface area contributed by atoms with Crippen LogP contribution in [-0.2, 0) is 13.1 Å². The number of halogens is 1. The lowest BCUT2D eigenvalue weighted by atomic mass is 10.2. The molecule has 0 saturated heterocycles. The Balaban J connectivity index is 0.00000400. The van der Waals surface area contributed by atoms with Gasteiger partial charge in [0.1, 0.15) is 12.4 Å². The maximum Gasteiger partial charge on any atom is 0.191 e. The highest BCUT2D eigenvalue weighted by atomic mass is 127. The molecule has 0 aliphatic carbocycles. The molecular formula is C15H30IN5. The first-order valence-electron chi connectivity index (χ1n) is 7.55. The fourth-order valence-corrected chi connectivity index (χ4v) is 1.84. The van der Waals surface area contributed by atoms with Crippen molar-refractivity contribution in [2.75, 3.05) is 13.1 Å². The molecule has 5 nitrogen and oxygen atoms in total. The van der Waals surface area contributed by atoms with Gasteiger partial charge in [-0.2, -0.15) is 0 Å². The molecule has 0 bridgehead atoms. The van der Waals surface area contributed by atoms with E-state index >= 15 is 0 Å². The van der Waals surface area contributed by atoms with Gasteiger partial charge in [0.05, 0.1) is 0 Å². The number of nitrogens with zero attached hydrogens (tertiary/aromatic N) is 3. The monoisotopic (exact) mass is 407 g/mol. The minimum Gasteiger partial charge on any atom is -0.357 e. The molecule has 0 fully saturated rings. The summed E-state index contributed by atoms with van der Waals surface area (Å²) in [4.78, 5) is 9.00. The summed E-state index contributed by atoms with van der Waals surface area (Å²) < 4.78 is 2.18. The second kappa shape index (κ2) is 10.9. The van der Waals surface area contributed by atoms with E-state index in [1.807, 2.05) is 12.4 Å². The summed E-state index contributed by atoms with van der Waals surface area (Å²) >= 11 is 0. The first-order chi connectivity index (χ1) is 9.52. The zero-order chi connectivity index (χ0) is 15.0. The topological polar surface area (TPSA) is 54.2 Å². The highest BCUT2D eigenvalue weighted by molar-refractivity contribution is 14.0. The lowest BCUT2D eigenvalue weighted by Gasteiger charge is -2.13. The van der Waals surface area contributed by atoms with Crippen molar-refractivity contribution < 1.29 is 0 Å². The Morgan fingerprint density at radius 1 is 1.24 bits per heavy atom. The van der Waals surface area contributed by atoms with E-state index in [-0.39, 0.29) is 24.0 Å². The molecule has 0 saturated carbocycles. The van der Waals surface area contributed by atoms with E-state index in [2.05, 4.69) is 59.8 Å². The smallest absolute Gasteiger partial charge is 0.191 e. The summed E-state index contributed by atoms with van der Waals surface area (Å²) in [5.41, 5.74) is 0. The van der Waals surface area contributed by atoms with E-state index in [0.717, 1.165) is 31.4 Å². The maximum absolute atomic E-state index is 4.61. The van der Waals surface area contributed by atoms with Crippen LogP contribution in [0.4, 0.5) is 0 Å². The number of aromatic nitrogens is 2. The van der Waals surface area contributed by atoms with Gasteiger partial charge in [0.15, 0.2) is 5.96 Å². The molecule has 21 heavy (non-hydrogen) atoms.